The number of nitrogens with one attached hydrogen (secondary N) is 2. The summed E-state index contributed by atoms with van der Waals surface area (Å²) in [4.78, 5) is 6.72. The SMILES string of the molecule is CCCCOCCCN=C(NCC)NCCN1CCS(=O)(=O)CC1.I. The minimum absolute atomic E-state index is 0. The fourth-order valence-electron chi connectivity index (χ4n) is 2.35. The number of unbranched alkanes of at least 4 members (excludes halogenated alkanes) is 1. The molecule has 0 radical (unpaired) electrons. The van der Waals surface area contributed by atoms with Crippen molar-refractivity contribution in [1.82, 2.24) is 15.5 Å². The van der Waals surface area contributed by atoms with Gasteiger partial charge in [-0.3, -0.25) is 9.89 Å². The zero-order valence-corrected chi connectivity index (χ0v) is 18.8. The molecule has 25 heavy (non-hydrogen) atoms. The summed E-state index contributed by atoms with van der Waals surface area (Å²) < 4.78 is 28.4. The van der Waals surface area contributed by atoms with Gasteiger partial charge in [0.15, 0.2) is 15.8 Å². The third kappa shape index (κ3) is 12.8. The lowest BCUT2D eigenvalue weighted by Crippen LogP contribution is -2.46. The molecule has 0 unspecified atom stereocenters. The molecule has 1 aliphatic rings. The van der Waals surface area contributed by atoms with Crippen LogP contribution in [-0.2, 0) is 14.6 Å². The molecule has 150 valence electrons. The number of aliphatic imine (C=N–C) groups is 1. The first kappa shape index (κ1) is 24.9. The van der Waals surface area contributed by atoms with Crippen molar-refractivity contribution in [3.05, 3.63) is 0 Å². The summed E-state index contributed by atoms with van der Waals surface area (Å²) in [7, 11) is -2.80. The number of ether oxygens (including phenoxy) is 1. The summed E-state index contributed by atoms with van der Waals surface area (Å²) >= 11 is 0. The van der Waals surface area contributed by atoms with Gasteiger partial charge in [0.25, 0.3) is 0 Å². The first-order valence-corrected chi connectivity index (χ1v) is 10.9. The van der Waals surface area contributed by atoms with Gasteiger partial charge in [0.1, 0.15) is 0 Å². The Bertz CT molecular complexity index is 446. The van der Waals surface area contributed by atoms with Crippen molar-refractivity contribution < 1.29 is 13.2 Å². The molecule has 0 saturated carbocycles. The standard InChI is InChI=1S/C16H34N4O3S.HI/c1-3-5-12-23-13-6-7-18-16(17-4-2)19-8-9-20-10-14-24(21,22)15-11-20;/h3-15H2,1-2H3,(H2,17,18,19);1H. The maximum Gasteiger partial charge on any atom is 0.191 e. The summed E-state index contributed by atoms with van der Waals surface area (Å²) in [5.74, 6) is 1.37. The Morgan fingerprint density at radius 1 is 1.12 bits per heavy atom. The van der Waals surface area contributed by atoms with E-state index < -0.39 is 9.84 Å². The molecule has 1 heterocycles. The zero-order chi connectivity index (χ0) is 17.7. The number of hydrogen-bond acceptors (Lipinski definition) is 5. The van der Waals surface area contributed by atoms with E-state index in [1.54, 1.807) is 0 Å². The highest BCUT2D eigenvalue weighted by Gasteiger charge is 2.20. The Morgan fingerprint density at radius 2 is 1.80 bits per heavy atom. The van der Waals surface area contributed by atoms with E-state index in [0.29, 0.717) is 13.1 Å². The highest BCUT2D eigenvalue weighted by molar-refractivity contribution is 14.0. The highest BCUT2D eigenvalue weighted by Crippen LogP contribution is 2.02. The predicted molar refractivity (Wildman–Crippen MR) is 115 cm³/mol. The molecule has 0 spiro atoms. The number of hydrogen-bond donors (Lipinski definition) is 2. The minimum Gasteiger partial charge on any atom is -0.381 e. The monoisotopic (exact) mass is 490 g/mol. The first-order chi connectivity index (χ1) is 11.6. The Morgan fingerprint density at radius 3 is 2.44 bits per heavy atom. The average Bonchev–Trinajstić information content (AvgIpc) is 2.55. The average molecular weight is 490 g/mol. The fourth-order valence-corrected chi connectivity index (χ4v) is 3.63. The summed E-state index contributed by atoms with van der Waals surface area (Å²) in [6.07, 6.45) is 3.20. The van der Waals surface area contributed by atoms with E-state index in [9.17, 15) is 8.42 Å². The topological polar surface area (TPSA) is 83.0 Å². The molecule has 0 atom stereocenters. The first-order valence-electron chi connectivity index (χ1n) is 9.10. The van der Waals surface area contributed by atoms with Crippen LogP contribution in [0.25, 0.3) is 0 Å². The summed E-state index contributed by atoms with van der Waals surface area (Å²) in [5.41, 5.74) is 0. The second kappa shape index (κ2) is 15.0. The highest BCUT2D eigenvalue weighted by atomic mass is 127. The van der Waals surface area contributed by atoms with Crippen LogP contribution in [0, 0.1) is 0 Å². The van der Waals surface area contributed by atoms with Gasteiger partial charge in [-0.2, -0.15) is 0 Å². The van der Waals surface area contributed by atoms with Crippen LogP contribution in [0.5, 0.6) is 0 Å². The van der Waals surface area contributed by atoms with Crippen LogP contribution < -0.4 is 10.6 Å². The lowest BCUT2D eigenvalue weighted by atomic mass is 10.4. The van der Waals surface area contributed by atoms with Crippen molar-refractivity contribution >= 4 is 39.8 Å². The van der Waals surface area contributed by atoms with Crippen molar-refractivity contribution in [2.24, 2.45) is 4.99 Å². The smallest absolute Gasteiger partial charge is 0.191 e. The maximum absolute atomic E-state index is 11.4. The quantitative estimate of drug-likeness (QED) is 0.195. The van der Waals surface area contributed by atoms with E-state index in [-0.39, 0.29) is 35.5 Å². The molecule has 1 fully saturated rings. The van der Waals surface area contributed by atoms with Crippen LogP contribution in [0.4, 0.5) is 0 Å². The van der Waals surface area contributed by atoms with E-state index in [1.807, 2.05) is 6.92 Å². The molecule has 1 rings (SSSR count). The Hall–Kier alpha value is -0.130. The molecule has 1 aliphatic heterocycles. The third-order valence-electron chi connectivity index (χ3n) is 3.86. The van der Waals surface area contributed by atoms with Gasteiger partial charge in [-0.1, -0.05) is 13.3 Å². The molecule has 0 aliphatic carbocycles. The molecule has 2 N–H and O–H groups in total. The number of sulfone groups is 1. The van der Waals surface area contributed by atoms with Gasteiger partial charge < -0.3 is 15.4 Å². The van der Waals surface area contributed by atoms with Crippen molar-refractivity contribution in [3.8, 4) is 0 Å². The molecule has 1 saturated heterocycles. The van der Waals surface area contributed by atoms with Gasteiger partial charge in [0, 0.05) is 52.5 Å². The van der Waals surface area contributed by atoms with Crippen LogP contribution in [0.2, 0.25) is 0 Å². The summed E-state index contributed by atoms with van der Waals surface area (Å²) in [6.45, 7) is 10.2. The molecule has 0 amide bonds. The molecule has 0 aromatic heterocycles. The molecular formula is C16H35IN4O3S. The Labute approximate surface area is 170 Å². The van der Waals surface area contributed by atoms with Crippen LogP contribution in [0.15, 0.2) is 4.99 Å². The second-order valence-electron chi connectivity index (χ2n) is 6.00. The van der Waals surface area contributed by atoms with E-state index in [4.69, 9.17) is 4.74 Å². The second-order valence-corrected chi connectivity index (χ2v) is 8.30. The van der Waals surface area contributed by atoms with E-state index >= 15 is 0 Å². The number of halogens is 1. The lowest BCUT2D eigenvalue weighted by molar-refractivity contribution is 0.130. The number of guanidine groups is 1. The fraction of sp³-hybridized carbons (Fsp3) is 0.938. The lowest BCUT2D eigenvalue weighted by Gasteiger charge is -2.26. The molecule has 0 bridgehead atoms. The Kier molecular flexibility index (Phi) is 14.9. The van der Waals surface area contributed by atoms with Gasteiger partial charge in [0.2, 0.25) is 0 Å². The van der Waals surface area contributed by atoms with Gasteiger partial charge in [-0.25, -0.2) is 8.42 Å². The van der Waals surface area contributed by atoms with Crippen molar-refractivity contribution in [2.75, 3.05) is 64.0 Å². The third-order valence-corrected chi connectivity index (χ3v) is 5.47. The summed E-state index contributed by atoms with van der Waals surface area (Å²) in [6, 6.07) is 0. The normalized spacial score (nSPS) is 17.8. The number of nitrogens with zero attached hydrogens (tertiary/aromatic N) is 2. The predicted octanol–water partition coefficient (Wildman–Crippen LogP) is 1.10. The van der Waals surface area contributed by atoms with Crippen molar-refractivity contribution in [3.63, 3.8) is 0 Å². The van der Waals surface area contributed by atoms with Gasteiger partial charge >= 0.3 is 0 Å². The molecule has 0 aromatic rings. The van der Waals surface area contributed by atoms with E-state index in [2.05, 4.69) is 27.4 Å². The van der Waals surface area contributed by atoms with Crippen LogP contribution in [-0.4, -0.2) is 83.3 Å². The Balaban J connectivity index is 0.00000576. The van der Waals surface area contributed by atoms with Crippen LogP contribution in [0.3, 0.4) is 0 Å². The van der Waals surface area contributed by atoms with Crippen molar-refractivity contribution in [2.45, 2.75) is 33.1 Å². The van der Waals surface area contributed by atoms with Crippen LogP contribution >= 0.6 is 24.0 Å². The van der Waals surface area contributed by atoms with E-state index in [0.717, 1.165) is 64.6 Å². The number of rotatable bonds is 11. The molecule has 9 heteroatoms. The van der Waals surface area contributed by atoms with E-state index in [1.165, 1.54) is 0 Å². The summed E-state index contributed by atoms with van der Waals surface area (Å²) in [5, 5.41) is 6.54. The molecular weight excluding hydrogens is 455 g/mol. The van der Waals surface area contributed by atoms with Gasteiger partial charge in [-0.05, 0) is 19.8 Å². The minimum atomic E-state index is -2.80. The molecule has 7 nitrogen and oxygen atoms in total. The van der Waals surface area contributed by atoms with Crippen molar-refractivity contribution in [1.29, 1.82) is 0 Å². The zero-order valence-electron chi connectivity index (χ0n) is 15.6. The molecule has 0 aromatic carbocycles. The maximum atomic E-state index is 11.4. The van der Waals surface area contributed by atoms with Gasteiger partial charge in [0.05, 0.1) is 11.5 Å². The largest absolute Gasteiger partial charge is 0.381 e. The van der Waals surface area contributed by atoms with Gasteiger partial charge in [-0.15, -0.1) is 24.0 Å². The van der Waals surface area contributed by atoms with Crippen LogP contribution in [0.1, 0.15) is 33.1 Å².